The average Bonchev–Trinajstić information content (AvgIpc) is 3.34. The molecule has 0 spiro atoms. The molecule has 1 aliphatic rings. The molecule has 0 bridgehead atoms. The summed E-state index contributed by atoms with van der Waals surface area (Å²) in [4.78, 5) is 17.7. The zero-order valence-electron chi connectivity index (χ0n) is 19.2. The van der Waals surface area contributed by atoms with Crippen LogP contribution >= 0.6 is 11.6 Å². The second kappa shape index (κ2) is 9.80. The monoisotopic (exact) mass is 490 g/mol. The van der Waals surface area contributed by atoms with Crippen molar-refractivity contribution in [2.24, 2.45) is 0 Å². The van der Waals surface area contributed by atoms with Crippen molar-refractivity contribution in [1.29, 1.82) is 0 Å². The SMILES string of the molecule is COc1ccccc1N1CCN(C(=O)c2cc(-c3ccccc3Cl)nn2-c2ccc(F)cc2)CC1. The van der Waals surface area contributed by atoms with Crippen LogP contribution in [0.2, 0.25) is 5.02 Å². The van der Waals surface area contributed by atoms with Crippen LogP contribution in [0.15, 0.2) is 78.9 Å². The van der Waals surface area contributed by atoms with E-state index < -0.39 is 0 Å². The minimum atomic E-state index is -0.354. The molecule has 1 amide bonds. The Bertz CT molecular complexity index is 1350. The number of piperazine rings is 1. The minimum absolute atomic E-state index is 0.139. The molecule has 8 heteroatoms. The lowest BCUT2D eigenvalue weighted by Crippen LogP contribution is -2.49. The van der Waals surface area contributed by atoms with Gasteiger partial charge in [-0.05, 0) is 48.5 Å². The van der Waals surface area contributed by atoms with Crippen molar-refractivity contribution in [3.05, 3.63) is 95.4 Å². The topological polar surface area (TPSA) is 50.6 Å². The summed E-state index contributed by atoms with van der Waals surface area (Å²) >= 11 is 6.40. The summed E-state index contributed by atoms with van der Waals surface area (Å²) in [5, 5.41) is 5.22. The predicted octanol–water partition coefficient (Wildman–Crippen LogP) is 5.30. The largest absolute Gasteiger partial charge is 0.495 e. The van der Waals surface area contributed by atoms with Crippen molar-refractivity contribution < 1.29 is 13.9 Å². The number of carbonyl (C=O) groups is 1. The molecule has 0 saturated carbocycles. The normalized spacial score (nSPS) is 13.7. The lowest BCUT2D eigenvalue weighted by atomic mass is 10.1. The molecule has 1 fully saturated rings. The van der Waals surface area contributed by atoms with E-state index >= 15 is 0 Å². The lowest BCUT2D eigenvalue weighted by Gasteiger charge is -2.36. The predicted molar refractivity (Wildman–Crippen MR) is 135 cm³/mol. The van der Waals surface area contributed by atoms with Crippen molar-refractivity contribution in [2.75, 3.05) is 38.2 Å². The second-order valence-corrected chi connectivity index (χ2v) is 8.64. The highest BCUT2D eigenvalue weighted by Gasteiger charge is 2.27. The summed E-state index contributed by atoms with van der Waals surface area (Å²) in [6, 6.07) is 22.9. The molecule has 0 unspecified atom stereocenters. The van der Waals surface area contributed by atoms with Gasteiger partial charge in [0, 0.05) is 31.7 Å². The first kappa shape index (κ1) is 22.9. The van der Waals surface area contributed by atoms with Crippen LogP contribution < -0.4 is 9.64 Å². The van der Waals surface area contributed by atoms with Gasteiger partial charge in [0.1, 0.15) is 17.3 Å². The van der Waals surface area contributed by atoms with Crippen LogP contribution in [0, 0.1) is 5.82 Å². The summed E-state index contributed by atoms with van der Waals surface area (Å²) in [6.07, 6.45) is 0. The van der Waals surface area contributed by atoms with Crippen LogP contribution in [0.5, 0.6) is 5.75 Å². The Morgan fingerprint density at radius 3 is 2.34 bits per heavy atom. The van der Waals surface area contributed by atoms with E-state index in [1.165, 1.54) is 12.1 Å². The Morgan fingerprint density at radius 2 is 1.63 bits per heavy atom. The first-order chi connectivity index (χ1) is 17.0. The number of halogens is 2. The molecule has 178 valence electrons. The number of benzene rings is 3. The third-order valence-corrected chi connectivity index (χ3v) is 6.47. The van der Waals surface area contributed by atoms with E-state index in [1.807, 2.05) is 47.4 Å². The quantitative estimate of drug-likeness (QED) is 0.381. The van der Waals surface area contributed by atoms with Crippen molar-refractivity contribution in [1.82, 2.24) is 14.7 Å². The molecule has 1 aromatic heterocycles. The number of methoxy groups -OCH3 is 1. The first-order valence-corrected chi connectivity index (χ1v) is 11.7. The molecule has 0 N–H and O–H groups in total. The van der Waals surface area contributed by atoms with Gasteiger partial charge in [-0.3, -0.25) is 4.79 Å². The van der Waals surface area contributed by atoms with Gasteiger partial charge in [-0.15, -0.1) is 0 Å². The Morgan fingerprint density at radius 1 is 0.943 bits per heavy atom. The molecule has 0 aliphatic carbocycles. The van der Waals surface area contributed by atoms with Gasteiger partial charge in [0.2, 0.25) is 0 Å². The molecule has 1 aliphatic heterocycles. The van der Waals surface area contributed by atoms with E-state index in [9.17, 15) is 9.18 Å². The van der Waals surface area contributed by atoms with Gasteiger partial charge >= 0.3 is 0 Å². The van der Waals surface area contributed by atoms with Gasteiger partial charge < -0.3 is 14.5 Å². The van der Waals surface area contributed by atoms with Gasteiger partial charge in [-0.1, -0.05) is 41.9 Å². The van der Waals surface area contributed by atoms with Gasteiger partial charge in [-0.25, -0.2) is 9.07 Å². The summed E-state index contributed by atoms with van der Waals surface area (Å²) in [5.74, 6) is 0.318. The van der Waals surface area contributed by atoms with Gasteiger partial charge in [0.15, 0.2) is 0 Å². The Kier molecular flexibility index (Phi) is 6.42. The third-order valence-electron chi connectivity index (χ3n) is 6.14. The van der Waals surface area contributed by atoms with Crippen molar-refractivity contribution in [3.63, 3.8) is 0 Å². The smallest absolute Gasteiger partial charge is 0.272 e. The van der Waals surface area contributed by atoms with E-state index in [0.29, 0.717) is 48.3 Å². The zero-order chi connectivity index (χ0) is 24.4. The molecular weight excluding hydrogens is 467 g/mol. The first-order valence-electron chi connectivity index (χ1n) is 11.3. The third kappa shape index (κ3) is 4.59. The standard InChI is InChI=1S/C27H24ClFN4O2/c1-35-26-9-5-4-8-24(26)31-14-16-32(17-15-31)27(34)25-18-23(21-6-2-3-7-22(21)28)30-33(25)20-12-10-19(29)11-13-20/h2-13,18H,14-17H2,1H3. The molecule has 5 rings (SSSR count). The molecule has 2 heterocycles. The summed E-state index contributed by atoms with van der Waals surface area (Å²) in [5.41, 5.74) is 3.32. The summed E-state index contributed by atoms with van der Waals surface area (Å²) in [6.45, 7) is 2.45. The van der Waals surface area contributed by atoms with E-state index in [2.05, 4.69) is 10.00 Å². The fraction of sp³-hybridized carbons (Fsp3) is 0.185. The van der Waals surface area contributed by atoms with E-state index in [-0.39, 0.29) is 11.7 Å². The number of hydrogen-bond donors (Lipinski definition) is 0. The number of amides is 1. The number of ether oxygens (including phenoxy) is 1. The van der Waals surface area contributed by atoms with Crippen LogP contribution in [0.1, 0.15) is 10.5 Å². The summed E-state index contributed by atoms with van der Waals surface area (Å²) < 4.78 is 20.6. The molecule has 1 saturated heterocycles. The maximum Gasteiger partial charge on any atom is 0.272 e. The highest BCUT2D eigenvalue weighted by atomic mass is 35.5. The van der Waals surface area contributed by atoms with Crippen molar-refractivity contribution >= 4 is 23.2 Å². The molecule has 0 atom stereocenters. The van der Waals surface area contributed by atoms with Gasteiger partial charge in [0.05, 0.1) is 29.2 Å². The highest BCUT2D eigenvalue weighted by molar-refractivity contribution is 6.33. The second-order valence-electron chi connectivity index (χ2n) is 8.23. The maximum atomic E-state index is 13.7. The van der Waals surface area contributed by atoms with Crippen molar-refractivity contribution in [3.8, 4) is 22.7 Å². The van der Waals surface area contributed by atoms with Crippen LogP contribution in [-0.4, -0.2) is 53.9 Å². The van der Waals surface area contributed by atoms with Gasteiger partial charge in [-0.2, -0.15) is 5.10 Å². The number of carbonyl (C=O) groups excluding carboxylic acids is 1. The Labute approximate surface area is 208 Å². The number of hydrogen-bond acceptors (Lipinski definition) is 4. The van der Waals surface area contributed by atoms with E-state index in [0.717, 1.165) is 17.0 Å². The van der Waals surface area contributed by atoms with Crippen LogP contribution in [0.3, 0.4) is 0 Å². The fourth-order valence-electron chi connectivity index (χ4n) is 4.32. The maximum absolute atomic E-state index is 13.7. The molecule has 35 heavy (non-hydrogen) atoms. The summed E-state index contributed by atoms with van der Waals surface area (Å²) in [7, 11) is 1.66. The van der Waals surface area contributed by atoms with Crippen LogP contribution in [-0.2, 0) is 0 Å². The minimum Gasteiger partial charge on any atom is -0.495 e. The number of rotatable bonds is 5. The fourth-order valence-corrected chi connectivity index (χ4v) is 4.55. The molecular formula is C27H24ClFN4O2. The highest BCUT2D eigenvalue weighted by Crippen LogP contribution is 2.30. The number of para-hydroxylation sites is 2. The van der Waals surface area contributed by atoms with Crippen molar-refractivity contribution in [2.45, 2.75) is 0 Å². The van der Waals surface area contributed by atoms with Crippen LogP contribution in [0.4, 0.5) is 10.1 Å². The molecule has 6 nitrogen and oxygen atoms in total. The number of aromatic nitrogens is 2. The van der Waals surface area contributed by atoms with Gasteiger partial charge in [0.25, 0.3) is 5.91 Å². The number of anilines is 1. The van der Waals surface area contributed by atoms with E-state index in [4.69, 9.17) is 16.3 Å². The average molecular weight is 491 g/mol. The molecule has 3 aromatic carbocycles. The number of nitrogens with zero attached hydrogens (tertiary/aromatic N) is 4. The molecule has 4 aromatic rings. The lowest BCUT2D eigenvalue weighted by molar-refractivity contribution is 0.0737. The Balaban J connectivity index is 1.44. The Hall–Kier alpha value is -3.84. The zero-order valence-corrected chi connectivity index (χ0v) is 20.0. The molecule has 0 radical (unpaired) electrons. The van der Waals surface area contributed by atoms with Crippen LogP contribution in [0.25, 0.3) is 16.9 Å². The van der Waals surface area contributed by atoms with E-state index in [1.54, 1.807) is 36.1 Å².